The fraction of sp³-hybridized carbons (Fsp3) is 0.867. The minimum absolute atomic E-state index is 0.353. The van der Waals surface area contributed by atoms with E-state index >= 15 is 0 Å². The first-order valence-corrected chi connectivity index (χ1v) is 8.25. The number of aliphatic hydroxyl groups excluding tert-OH is 5. The molecule has 0 radical (unpaired) electrons. The Morgan fingerprint density at radius 2 is 1.56 bits per heavy atom. The zero-order chi connectivity index (χ0) is 20.3. The lowest BCUT2D eigenvalue weighted by molar-refractivity contribution is -0.344. The van der Waals surface area contributed by atoms with Gasteiger partial charge in [0.15, 0.2) is 24.8 Å². The molecule has 0 spiro atoms. The van der Waals surface area contributed by atoms with E-state index < -0.39 is 73.9 Å². The lowest BCUT2D eigenvalue weighted by atomic mass is 9.97. The molecule has 0 aliphatic carbocycles. The Balaban J connectivity index is 2.26. The van der Waals surface area contributed by atoms with Gasteiger partial charge in [0, 0.05) is 13.8 Å². The van der Waals surface area contributed by atoms with Crippen LogP contribution in [0.3, 0.4) is 0 Å². The van der Waals surface area contributed by atoms with Gasteiger partial charge in [-0.15, -0.1) is 0 Å². The van der Waals surface area contributed by atoms with Crippen LogP contribution in [0.4, 0.5) is 0 Å². The number of rotatable bonds is 5. The third kappa shape index (κ3) is 5.12. The molecule has 0 bridgehead atoms. The molecule has 0 aromatic rings. The Morgan fingerprint density at radius 3 is 2.11 bits per heavy atom. The van der Waals surface area contributed by atoms with Gasteiger partial charge in [-0.3, -0.25) is 9.59 Å². The van der Waals surface area contributed by atoms with Crippen molar-refractivity contribution >= 4 is 11.9 Å². The zero-order valence-corrected chi connectivity index (χ0v) is 14.7. The second-order valence-electron chi connectivity index (χ2n) is 6.25. The van der Waals surface area contributed by atoms with Crippen molar-refractivity contribution in [2.75, 3.05) is 13.2 Å². The van der Waals surface area contributed by atoms with Crippen molar-refractivity contribution in [2.24, 2.45) is 0 Å². The monoisotopic (exact) mass is 396 g/mol. The van der Waals surface area contributed by atoms with Crippen LogP contribution in [0.5, 0.6) is 0 Å². The first-order valence-electron chi connectivity index (χ1n) is 8.25. The molecule has 9 atom stereocenters. The van der Waals surface area contributed by atoms with Gasteiger partial charge in [0.05, 0.1) is 13.2 Å². The molecular weight excluding hydrogens is 372 g/mol. The fourth-order valence-corrected chi connectivity index (χ4v) is 2.90. The summed E-state index contributed by atoms with van der Waals surface area (Å²) in [4.78, 5) is 22.8. The maximum absolute atomic E-state index is 11.5. The molecule has 0 aromatic carbocycles. The molecule has 5 N–H and O–H groups in total. The summed E-state index contributed by atoms with van der Waals surface area (Å²) in [5, 5.41) is 48.9. The van der Waals surface area contributed by atoms with Gasteiger partial charge in [-0.25, -0.2) is 0 Å². The summed E-state index contributed by atoms with van der Waals surface area (Å²) in [6, 6.07) is 0. The van der Waals surface area contributed by atoms with Crippen LogP contribution in [0.1, 0.15) is 13.8 Å². The fourth-order valence-electron chi connectivity index (χ4n) is 2.90. The summed E-state index contributed by atoms with van der Waals surface area (Å²) in [5.41, 5.74) is 0. The second-order valence-corrected chi connectivity index (χ2v) is 6.25. The van der Waals surface area contributed by atoms with E-state index in [1.54, 1.807) is 0 Å². The predicted octanol–water partition coefficient (Wildman–Crippen LogP) is -3.62. The Bertz CT molecular complexity index is 527. The molecule has 0 amide bonds. The Morgan fingerprint density at radius 1 is 0.963 bits per heavy atom. The molecule has 12 heteroatoms. The molecule has 2 rings (SSSR count). The van der Waals surface area contributed by atoms with Gasteiger partial charge in [-0.2, -0.15) is 0 Å². The van der Waals surface area contributed by atoms with Gasteiger partial charge >= 0.3 is 11.9 Å². The Labute approximate surface area is 154 Å². The summed E-state index contributed by atoms with van der Waals surface area (Å²) < 4.78 is 25.9. The van der Waals surface area contributed by atoms with Gasteiger partial charge in [0.2, 0.25) is 0 Å². The number of carbonyl (C=O) groups is 2. The molecule has 2 saturated heterocycles. The predicted molar refractivity (Wildman–Crippen MR) is 81.7 cm³/mol. The van der Waals surface area contributed by atoms with Crippen molar-refractivity contribution in [1.29, 1.82) is 0 Å². The molecule has 2 heterocycles. The first kappa shape index (κ1) is 21.9. The lowest BCUT2D eigenvalue weighted by Gasteiger charge is -2.45. The van der Waals surface area contributed by atoms with Gasteiger partial charge in [-0.1, -0.05) is 0 Å². The minimum atomic E-state index is -1.72. The highest BCUT2D eigenvalue weighted by Crippen LogP contribution is 2.30. The summed E-state index contributed by atoms with van der Waals surface area (Å²) in [6.45, 7) is 1.11. The van der Waals surface area contributed by atoms with Crippen molar-refractivity contribution in [3.63, 3.8) is 0 Å². The molecule has 2 aliphatic heterocycles. The van der Waals surface area contributed by atoms with Crippen molar-refractivity contribution in [1.82, 2.24) is 0 Å². The molecule has 2 aliphatic rings. The van der Waals surface area contributed by atoms with Crippen LogP contribution in [0, 0.1) is 0 Å². The van der Waals surface area contributed by atoms with E-state index in [1.165, 1.54) is 0 Å². The Kier molecular flexibility index (Phi) is 7.47. The van der Waals surface area contributed by atoms with E-state index in [1.807, 2.05) is 0 Å². The molecule has 1 unspecified atom stereocenters. The largest absolute Gasteiger partial charge is 0.455 e. The van der Waals surface area contributed by atoms with Crippen LogP contribution in [-0.2, 0) is 33.3 Å². The average molecular weight is 396 g/mol. The zero-order valence-electron chi connectivity index (χ0n) is 14.7. The van der Waals surface area contributed by atoms with Crippen LogP contribution >= 0.6 is 0 Å². The topological polar surface area (TPSA) is 181 Å². The number of esters is 2. The summed E-state index contributed by atoms with van der Waals surface area (Å²) in [6.07, 6.45) is -13.2. The van der Waals surface area contributed by atoms with E-state index in [2.05, 4.69) is 0 Å². The van der Waals surface area contributed by atoms with Gasteiger partial charge in [0.25, 0.3) is 0 Å². The molecule has 156 valence electrons. The normalized spacial score (nSPS) is 42.4. The summed E-state index contributed by atoms with van der Waals surface area (Å²) in [7, 11) is 0. The highest BCUT2D eigenvalue weighted by atomic mass is 16.7. The van der Waals surface area contributed by atoms with E-state index in [0.717, 1.165) is 13.8 Å². The van der Waals surface area contributed by atoms with Crippen LogP contribution in [0.15, 0.2) is 0 Å². The minimum Gasteiger partial charge on any atom is -0.455 e. The number of hydrogen-bond donors (Lipinski definition) is 5. The maximum Gasteiger partial charge on any atom is 0.303 e. The average Bonchev–Trinajstić information content (AvgIpc) is 2.59. The summed E-state index contributed by atoms with van der Waals surface area (Å²) >= 11 is 0. The molecule has 0 aromatic heterocycles. The van der Waals surface area contributed by atoms with Crippen LogP contribution < -0.4 is 0 Å². The molecule has 27 heavy (non-hydrogen) atoms. The van der Waals surface area contributed by atoms with Crippen LogP contribution in [-0.4, -0.2) is 106 Å². The van der Waals surface area contributed by atoms with Gasteiger partial charge < -0.3 is 49.2 Å². The van der Waals surface area contributed by atoms with E-state index in [9.17, 15) is 35.1 Å². The molecule has 12 nitrogen and oxygen atoms in total. The van der Waals surface area contributed by atoms with E-state index in [4.69, 9.17) is 23.7 Å². The van der Waals surface area contributed by atoms with Crippen LogP contribution in [0.25, 0.3) is 0 Å². The second kappa shape index (κ2) is 9.21. The van der Waals surface area contributed by atoms with Crippen molar-refractivity contribution in [3.8, 4) is 0 Å². The van der Waals surface area contributed by atoms with E-state index in [-0.39, 0.29) is 6.61 Å². The number of ether oxygens (including phenoxy) is 5. The van der Waals surface area contributed by atoms with E-state index in [0.29, 0.717) is 0 Å². The Hall–Kier alpha value is -1.38. The van der Waals surface area contributed by atoms with Gasteiger partial charge in [-0.05, 0) is 0 Å². The highest BCUT2D eigenvalue weighted by Gasteiger charge is 2.52. The molecule has 2 fully saturated rings. The van der Waals surface area contributed by atoms with Crippen molar-refractivity contribution in [3.05, 3.63) is 0 Å². The number of aliphatic hydroxyl groups is 5. The smallest absolute Gasteiger partial charge is 0.303 e. The SMILES string of the molecule is CC(=O)O[C@@H]1[C@H](O[C@@H]2OC[C@@H](O)[C@H](O)[C@H]2O)[C@@H](CO)OC(O)[C@@H]1OC(C)=O. The highest BCUT2D eigenvalue weighted by molar-refractivity contribution is 5.67. The quantitative estimate of drug-likeness (QED) is 0.288. The third-order valence-corrected chi connectivity index (χ3v) is 4.14. The maximum atomic E-state index is 11.5. The summed E-state index contributed by atoms with van der Waals surface area (Å²) in [5.74, 6) is -1.59. The molecule has 0 saturated carbocycles. The number of hydrogen-bond acceptors (Lipinski definition) is 12. The first-order chi connectivity index (χ1) is 12.6. The molecular formula is C15H24O12. The lowest BCUT2D eigenvalue weighted by Crippen LogP contribution is -2.64. The van der Waals surface area contributed by atoms with Crippen LogP contribution in [0.2, 0.25) is 0 Å². The van der Waals surface area contributed by atoms with Gasteiger partial charge in [0.1, 0.15) is 30.5 Å². The standard InChI is InChI=1S/C15H24O12/c1-5(17)24-12-11(27-15-10(21)9(20)7(19)4-23-15)8(3-16)26-14(22)13(12)25-6(2)18/h7-16,19-22H,3-4H2,1-2H3/t7-,8-,9+,10-,11-,12-,13-,14?,15+/m1/s1. The van der Waals surface area contributed by atoms with Crippen molar-refractivity contribution < 1.29 is 58.8 Å². The van der Waals surface area contributed by atoms with Crippen molar-refractivity contribution in [2.45, 2.75) is 69.2 Å². The third-order valence-electron chi connectivity index (χ3n) is 4.14. The number of carbonyl (C=O) groups excluding carboxylic acids is 2.